The monoisotopic (exact) mass is 684 g/mol. The first-order valence-corrected chi connectivity index (χ1v) is 14.6. The zero-order chi connectivity index (χ0) is 31.6. The van der Waals surface area contributed by atoms with Crippen LogP contribution < -0.4 is 30.3 Å². The van der Waals surface area contributed by atoms with Gasteiger partial charge in [0.1, 0.15) is 18.2 Å². The van der Waals surface area contributed by atoms with Crippen LogP contribution >= 0.6 is 28.1 Å². The van der Waals surface area contributed by atoms with Gasteiger partial charge in [-0.1, -0.05) is 36.4 Å². The fourth-order valence-electron chi connectivity index (χ4n) is 4.33. The standard InChI is InChI=1S/C31H30BrFN4O6S/c1-4-41-30(39)27-18(2)35-31(44)36-28(27)21-10-6-8-12-24(21)42-17-26(38)37-34-15-19-13-22(32)29(25(14-19)40-3)43-16-20-9-5-7-11-23(20)33/h5-15,28H,4,16-17H2,1-3H3,(H,37,38)(H2,35,36,44)/t28-/m0/s1. The number of rotatable bonds is 12. The molecular weight excluding hydrogens is 655 g/mol. The number of para-hydroxylation sites is 1. The van der Waals surface area contributed by atoms with Crippen LogP contribution in [-0.4, -0.2) is 43.5 Å². The molecule has 4 rings (SSSR count). The highest BCUT2D eigenvalue weighted by Crippen LogP contribution is 2.37. The molecule has 1 amide bonds. The topological polar surface area (TPSA) is 120 Å². The molecule has 0 fully saturated rings. The Bertz CT molecular complexity index is 1620. The number of hydrazone groups is 1. The third kappa shape index (κ3) is 8.11. The normalized spacial score (nSPS) is 14.5. The number of methoxy groups -OCH3 is 1. The average molecular weight is 686 g/mol. The van der Waals surface area contributed by atoms with Crippen LogP contribution in [0.1, 0.15) is 36.6 Å². The molecule has 0 aliphatic carbocycles. The summed E-state index contributed by atoms with van der Waals surface area (Å²) in [6.07, 6.45) is 1.43. The first-order valence-electron chi connectivity index (χ1n) is 13.4. The Hall–Kier alpha value is -4.49. The number of allylic oxidation sites excluding steroid dienone is 1. The molecule has 13 heteroatoms. The highest BCUT2D eigenvalue weighted by molar-refractivity contribution is 9.10. The molecule has 0 radical (unpaired) electrons. The van der Waals surface area contributed by atoms with Gasteiger partial charge in [-0.15, -0.1) is 0 Å². The van der Waals surface area contributed by atoms with E-state index in [4.69, 9.17) is 31.2 Å². The second-order valence-corrected chi connectivity index (χ2v) is 10.6. The van der Waals surface area contributed by atoms with Crippen molar-refractivity contribution in [3.05, 3.63) is 98.9 Å². The summed E-state index contributed by atoms with van der Waals surface area (Å²) in [7, 11) is 1.48. The van der Waals surface area contributed by atoms with Gasteiger partial charge >= 0.3 is 5.97 Å². The molecule has 1 heterocycles. The third-order valence-corrected chi connectivity index (χ3v) is 7.15. The number of thiocarbonyl (C=S) groups is 1. The SMILES string of the molecule is CCOC(=O)C1=C(C)NC(=S)N[C@H]1c1ccccc1OCC(=O)NN=Cc1cc(Br)c(OCc2ccccc2F)c(OC)c1. The number of nitrogens with one attached hydrogen (secondary N) is 3. The molecule has 1 aliphatic heterocycles. The van der Waals surface area contributed by atoms with Crippen LogP contribution in [-0.2, 0) is 20.9 Å². The van der Waals surface area contributed by atoms with E-state index in [-0.39, 0.29) is 25.6 Å². The molecule has 1 aliphatic rings. The van der Waals surface area contributed by atoms with Gasteiger partial charge in [-0.25, -0.2) is 14.6 Å². The summed E-state index contributed by atoms with van der Waals surface area (Å²) in [5, 5.41) is 10.4. The molecule has 44 heavy (non-hydrogen) atoms. The van der Waals surface area contributed by atoms with E-state index in [1.165, 1.54) is 19.4 Å². The Labute approximate surface area is 267 Å². The van der Waals surface area contributed by atoms with Crippen LogP contribution in [0.3, 0.4) is 0 Å². The smallest absolute Gasteiger partial charge is 0.338 e. The van der Waals surface area contributed by atoms with Gasteiger partial charge in [-0.2, -0.15) is 5.10 Å². The van der Waals surface area contributed by atoms with Gasteiger partial charge in [-0.3, -0.25) is 4.79 Å². The van der Waals surface area contributed by atoms with Crippen LogP contribution in [0.25, 0.3) is 0 Å². The van der Waals surface area contributed by atoms with E-state index in [1.54, 1.807) is 68.4 Å². The number of esters is 1. The van der Waals surface area contributed by atoms with Gasteiger partial charge in [0.2, 0.25) is 0 Å². The summed E-state index contributed by atoms with van der Waals surface area (Å²) in [5.41, 5.74) is 4.95. The minimum absolute atomic E-state index is 0.00859. The van der Waals surface area contributed by atoms with E-state index < -0.39 is 17.9 Å². The predicted octanol–water partition coefficient (Wildman–Crippen LogP) is 5.06. The minimum atomic E-state index is -0.646. The van der Waals surface area contributed by atoms with Crippen LogP contribution in [0.4, 0.5) is 4.39 Å². The Balaban J connectivity index is 1.40. The summed E-state index contributed by atoms with van der Waals surface area (Å²) in [6.45, 7) is 3.33. The molecule has 0 unspecified atom stereocenters. The number of carbonyl (C=O) groups is 2. The fraction of sp³-hybridized carbons (Fsp3) is 0.226. The van der Waals surface area contributed by atoms with Crippen molar-refractivity contribution in [3.8, 4) is 17.2 Å². The first kappa shape index (κ1) is 32.4. The van der Waals surface area contributed by atoms with Crippen molar-refractivity contribution < 1.29 is 32.9 Å². The van der Waals surface area contributed by atoms with Gasteiger partial charge in [0, 0.05) is 16.8 Å². The molecular formula is C31H30BrFN4O6S. The van der Waals surface area contributed by atoms with Crippen molar-refractivity contribution in [1.82, 2.24) is 16.1 Å². The molecule has 3 aromatic rings. The number of carbonyl (C=O) groups excluding carboxylic acids is 2. The number of benzene rings is 3. The Kier molecular flexibility index (Phi) is 11.3. The highest BCUT2D eigenvalue weighted by atomic mass is 79.9. The summed E-state index contributed by atoms with van der Waals surface area (Å²) in [5.74, 6) is -0.214. The van der Waals surface area contributed by atoms with Gasteiger partial charge < -0.3 is 29.6 Å². The zero-order valence-electron chi connectivity index (χ0n) is 24.1. The molecule has 0 aromatic heterocycles. The lowest BCUT2D eigenvalue weighted by molar-refractivity contribution is -0.139. The highest BCUT2D eigenvalue weighted by Gasteiger charge is 2.32. The number of ether oxygens (including phenoxy) is 4. The van der Waals surface area contributed by atoms with Crippen LogP contribution in [0.15, 0.2) is 81.5 Å². The number of halogens is 2. The van der Waals surface area contributed by atoms with Crippen molar-refractivity contribution in [2.45, 2.75) is 26.5 Å². The second kappa shape index (κ2) is 15.3. The van der Waals surface area contributed by atoms with Crippen LogP contribution in [0.2, 0.25) is 0 Å². The predicted molar refractivity (Wildman–Crippen MR) is 170 cm³/mol. The quantitative estimate of drug-likeness (QED) is 0.104. The van der Waals surface area contributed by atoms with E-state index in [0.29, 0.717) is 54.8 Å². The van der Waals surface area contributed by atoms with E-state index in [2.05, 4.69) is 37.1 Å². The third-order valence-electron chi connectivity index (χ3n) is 6.34. The molecule has 0 bridgehead atoms. The van der Waals surface area contributed by atoms with Crippen LogP contribution in [0.5, 0.6) is 17.2 Å². The molecule has 0 spiro atoms. The fourth-order valence-corrected chi connectivity index (χ4v) is 5.18. The maximum absolute atomic E-state index is 14.0. The summed E-state index contributed by atoms with van der Waals surface area (Å²) >= 11 is 8.76. The maximum atomic E-state index is 14.0. The molecule has 3 aromatic carbocycles. The Morgan fingerprint density at radius 1 is 1.11 bits per heavy atom. The van der Waals surface area contributed by atoms with Gasteiger partial charge in [0.25, 0.3) is 5.91 Å². The molecule has 230 valence electrons. The molecule has 0 saturated heterocycles. The molecule has 1 atom stereocenters. The Morgan fingerprint density at radius 2 is 1.86 bits per heavy atom. The average Bonchev–Trinajstić information content (AvgIpc) is 3.00. The number of hydrogen-bond donors (Lipinski definition) is 3. The number of nitrogens with zero attached hydrogens (tertiary/aromatic N) is 1. The first-order chi connectivity index (χ1) is 21.2. The summed E-state index contributed by atoms with van der Waals surface area (Å²) < 4.78 is 36.9. The van der Waals surface area contributed by atoms with E-state index in [0.717, 1.165) is 0 Å². The minimum Gasteiger partial charge on any atom is -0.493 e. The van der Waals surface area contributed by atoms with Crippen molar-refractivity contribution >= 4 is 51.4 Å². The van der Waals surface area contributed by atoms with Crippen molar-refractivity contribution in [1.29, 1.82) is 0 Å². The van der Waals surface area contributed by atoms with Crippen molar-refractivity contribution in [2.24, 2.45) is 5.10 Å². The second-order valence-electron chi connectivity index (χ2n) is 9.32. The largest absolute Gasteiger partial charge is 0.493 e. The van der Waals surface area contributed by atoms with E-state index >= 15 is 0 Å². The lowest BCUT2D eigenvalue weighted by Crippen LogP contribution is -2.45. The summed E-state index contributed by atoms with van der Waals surface area (Å²) in [6, 6.07) is 16.1. The van der Waals surface area contributed by atoms with Gasteiger partial charge in [0.15, 0.2) is 23.2 Å². The number of hydrogen-bond acceptors (Lipinski definition) is 8. The van der Waals surface area contributed by atoms with Gasteiger partial charge in [0.05, 0.1) is 36.0 Å². The lowest BCUT2D eigenvalue weighted by atomic mass is 9.95. The summed E-state index contributed by atoms with van der Waals surface area (Å²) in [4.78, 5) is 25.3. The number of amides is 1. The van der Waals surface area contributed by atoms with E-state index in [9.17, 15) is 14.0 Å². The van der Waals surface area contributed by atoms with Crippen LogP contribution in [0, 0.1) is 5.82 Å². The van der Waals surface area contributed by atoms with E-state index in [1.807, 2.05) is 0 Å². The van der Waals surface area contributed by atoms with Gasteiger partial charge in [-0.05, 0) is 71.8 Å². The van der Waals surface area contributed by atoms with Crippen molar-refractivity contribution in [3.63, 3.8) is 0 Å². The molecule has 0 saturated carbocycles. The maximum Gasteiger partial charge on any atom is 0.338 e. The zero-order valence-corrected chi connectivity index (χ0v) is 26.5. The molecule has 10 nitrogen and oxygen atoms in total. The Morgan fingerprint density at radius 3 is 2.61 bits per heavy atom. The van der Waals surface area contributed by atoms with Crippen molar-refractivity contribution in [2.75, 3.05) is 20.3 Å². The lowest BCUT2D eigenvalue weighted by Gasteiger charge is -2.30. The molecule has 3 N–H and O–H groups in total.